The minimum atomic E-state index is -1.50. The van der Waals surface area contributed by atoms with E-state index in [2.05, 4.69) is 16.0 Å². The van der Waals surface area contributed by atoms with Crippen LogP contribution >= 0.6 is 11.6 Å². The van der Waals surface area contributed by atoms with Crippen LogP contribution in [0.4, 0.5) is 4.39 Å². The Morgan fingerprint density at radius 3 is 2.33 bits per heavy atom. The third-order valence-corrected chi connectivity index (χ3v) is 3.08. The van der Waals surface area contributed by atoms with Gasteiger partial charge in [0.15, 0.2) is 6.04 Å². The Bertz CT molecular complexity index is 668. The summed E-state index contributed by atoms with van der Waals surface area (Å²) in [5, 5.41) is 15.6. The SMILES string of the molecule is CC(=O)NCC(=O)NCC(=O)NC(C(=O)O)c1ccc(Cl)c(F)c1. The van der Waals surface area contributed by atoms with Gasteiger partial charge in [0, 0.05) is 6.92 Å². The van der Waals surface area contributed by atoms with Crippen molar-refractivity contribution >= 4 is 35.3 Å². The summed E-state index contributed by atoms with van der Waals surface area (Å²) in [7, 11) is 0. The fourth-order valence-corrected chi connectivity index (χ4v) is 1.76. The van der Waals surface area contributed by atoms with Gasteiger partial charge in [-0.2, -0.15) is 0 Å². The maximum Gasteiger partial charge on any atom is 0.330 e. The van der Waals surface area contributed by atoms with Crippen molar-refractivity contribution in [2.24, 2.45) is 0 Å². The number of benzene rings is 1. The van der Waals surface area contributed by atoms with Gasteiger partial charge < -0.3 is 21.1 Å². The molecule has 10 heteroatoms. The number of aliphatic carboxylic acids is 1. The molecule has 1 rings (SSSR count). The second-order valence-electron chi connectivity index (χ2n) is 4.70. The quantitative estimate of drug-likeness (QED) is 0.544. The number of amides is 3. The fraction of sp³-hybridized carbons (Fsp3) is 0.286. The highest BCUT2D eigenvalue weighted by atomic mass is 35.5. The van der Waals surface area contributed by atoms with Gasteiger partial charge in [-0.25, -0.2) is 9.18 Å². The molecule has 0 heterocycles. The molecule has 0 aliphatic rings. The summed E-state index contributed by atoms with van der Waals surface area (Å²) in [5.74, 6) is -4.06. The van der Waals surface area contributed by atoms with Gasteiger partial charge in [0.25, 0.3) is 0 Å². The predicted molar refractivity (Wildman–Crippen MR) is 81.6 cm³/mol. The third kappa shape index (κ3) is 6.21. The number of hydrogen-bond acceptors (Lipinski definition) is 4. The molecule has 0 saturated carbocycles. The van der Waals surface area contributed by atoms with Crippen LogP contribution in [0.2, 0.25) is 5.02 Å². The van der Waals surface area contributed by atoms with E-state index in [4.69, 9.17) is 16.7 Å². The normalized spacial score (nSPS) is 11.3. The Morgan fingerprint density at radius 1 is 1.17 bits per heavy atom. The van der Waals surface area contributed by atoms with E-state index in [-0.39, 0.29) is 17.1 Å². The number of rotatable bonds is 7. The van der Waals surface area contributed by atoms with Crippen molar-refractivity contribution in [3.63, 3.8) is 0 Å². The van der Waals surface area contributed by atoms with Gasteiger partial charge >= 0.3 is 5.97 Å². The summed E-state index contributed by atoms with van der Waals surface area (Å²) in [6.07, 6.45) is 0. The van der Waals surface area contributed by atoms with E-state index in [1.165, 1.54) is 19.1 Å². The molecule has 0 bridgehead atoms. The molecular weight excluding hydrogens is 345 g/mol. The number of carbonyl (C=O) groups excluding carboxylic acids is 3. The van der Waals surface area contributed by atoms with Crippen molar-refractivity contribution in [2.45, 2.75) is 13.0 Å². The number of carbonyl (C=O) groups is 4. The van der Waals surface area contributed by atoms with E-state index < -0.39 is 42.1 Å². The van der Waals surface area contributed by atoms with Crippen LogP contribution in [0.5, 0.6) is 0 Å². The van der Waals surface area contributed by atoms with Crippen LogP contribution in [0.25, 0.3) is 0 Å². The topological polar surface area (TPSA) is 125 Å². The molecule has 4 N–H and O–H groups in total. The summed E-state index contributed by atoms with van der Waals surface area (Å²) in [6.45, 7) is 0.411. The van der Waals surface area contributed by atoms with Crippen LogP contribution in [-0.4, -0.2) is 41.9 Å². The molecule has 0 aromatic heterocycles. The predicted octanol–water partition coefficient (Wildman–Crippen LogP) is -0.0267. The summed E-state index contributed by atoms with van der Waals surface area (Å²) in [4.78, 5) is 44.9. The van der Waals surface area contributed by atoms with E-state index in [9.17, 15) is 23.6 Å². The van der Waals surface area contributed by atoms with E-state index in [0.29, 0.717) is 0 Å². The fourth-order valence-electron chi connectivity index (χ4n) is 1.64. The van der Waals surface area contributed by atoms with Gasteiger partial charge in [0.1, 0.15) is 5.82 Å². The molecule has 130 valence electrons. The lowest BCUT2D eigenvalue weighted by Crippen LogP contribution is -2.43. The highest BCUT2D eigenvalue weighted by molar-refractivity contribution is 6.30. The van der Waals surface area contributed by atoms with Crippen molar-refractivity contribution < 1.29 is 28.7 Å². The number of carboxylic acid groups (broad SMARTS) is 1. The van der Waals surface area contributed by atoms with Gasteiger partial charge in [0.2, 0.25) is 17.7 Å². The second kappa shape index (κ2) is 8.82. The van der Waals surface area contributed by atoms with Crippen molar-refractivity contribution in [3.8, 4) is 0 Å². The van der Waals surface area contributed by atoms with E-state index in [0.717, 1.165) is 6.07 Å². The summed E-state index contributed by atoms with van der Waals surface area (Å²) in [5.41, 5.74) is -0.0117. The van der Waals surface area contributed by atoms with Gasteiger partial charge in [-0.05, 0) is 17.7 Å². The van der Waals surface area contributed by atoms with Gasteiger partial charge in [-0.1, -0.05) is 17.7 Å². The zero-order chi connectivity index (χ0) is 18.3. The molecule has 0 aliphatic carbocycles. The first-order valence-electron chi connectivity index (χ1n) is 6.69. The summed E-state index contributed by atoms with van der Waals surface area (Å²) in [6, 6.07) is 1.83. The zero-order valence-electron chi connectivity index (χ0n) is 12.6. The molecule has 3 amide bonds. The Labute approximate surface area is 141 Å². The van der Waals surface area contributed by atoms with Crippen LogP contribution in [0.3, 0.4) is 0 Å². The average Bonchev–Trinajstić information content (AvgIpc) is 2.51. The number of halogens is 2. The molecule has 0 fully saturated rings. The lowest BCUT2D eigenvalue weighted by Gasteiger charge is -2.15. The summed E-state index contributed by atoms with van der Waals surface area (Å²) < 4.78 is 13.4. The first-order chi connectivity index (χ1) is 11.2. The first-order valence-corrected chi connectivity index (χ1v) is 7.06. The maximum atomic E-state index is 13.4. The second-order valence-corrected chi connectivity index (χ2v) is 5.11. The molecule has 1 aromatic rings. The Morgan fingerprint density at radius 2 is 1.79 bits per heavy atom. The maximum absolute atomic E-state index is 13.4. The van der Waals surface area contributed by atoms with Gasteiger partial charge in [-0.15, -0.1) is 0 Å². The van der Waals surface area contributed by atoms with Crippen LogP contribution in [0, 0.1) is 5.82 Å². The number of hydrogen-bond donors (Lipinski definition) is 4. The average molecular weight is 360 g/mol. The van der Waals surface area contributed by atoms with E-state index >= 15 is 0 Å². The minimum Gasteiger partial charge on any atom is -0.479 e. The smallest absolute Gasteiger partial charge is 0.330 e. The standard InChI is InChI=1S/C14H15ClFN3O5/c1-7(20)17-5-11(21)18-6-12(22)19-13(14(23)24)8-2-3-9(15)10(16)4-8/h2-4,13H,5-6H2,1H3,(H,17,20)(H,18,21)(H,19,22)(H,23,24). The first kappa shape index (κ1) is 19.4. The lowest BCUT2D eigenvalue weighted by atomic mass is 10.1. The molecule has 0 spiro atoms. The highest BCUT2D eigenvalue weighted by Crippen LogP contribution is 2.20. The highest BCUT2D eigenvalue weighted by Gasteiger charge is 2.23. The minimum absolute atomic E-state index is 0.0117. The third-order valence-electron chi connectivity index (χ3n) is 2.77. The largest absolute Gasteiger partial charge is 0.479 e. The molecule has 1 aromatic carbocycles. The van der Waals surface area contributed by atoms with Crippen molar-refractivity contribution in [1.82, 2.24) is 16.0 Å². The van der Waals surface area contributed by atoms with Crippen LogP contribution in [0.1, 0.15) is 18.5 Å². The molecule has 24 heavy (non-hydrogen) atoms. The Balaban J connectivity index is 2.63. The molecular formula is C14H15ClFN3O5. The molecule has 8 nitrogen and oxygen atoms in total. The molecule has 1 atom stereocenters. The Kier molecular flexibility index (Phi) is 7.12. The summed E-state index contributed by atoms with van der Waals surface area (Å²) >= 11 is 5.52. The van der Waals surface area contributed by atoms with Crippen LogP contribution in [-0.2, 0) is 19.2 Å². The molecule has 0 radical (unpaired) electrons. The zero-order valence-corrected chi connectivity index (χ0v) is 13.3. The van der Waals surface area contributed by atoms with Gasteiger partial charge in [-0.3, -0.25) is 14.4 Å². The number of carboxylic acids is 1. The van der Waals surface area contributed by atoms with Crippen molar-refractivity contribution in [3.05, 3.63) is 34.6 Å². The van der Waals surface area contributed by atoms with Crippen LogP contribution in [0.15, 0.2) is 18.2 Å². The molecule has 0 aliphatic heterocycles. The van der Waals surface area contributed by atoms with Crippen LogP contribution < -0.4 is 16.0 Å². The number of nitrogens with one attached hydrogen (secondary N) is 3. The van der Waals surface area contributed by atoms with Crippen molar-refractivity contribution in [2.75, 3.05) is 13.1 Å². The van der Waals surface area contributed by atoms with E-state index in [1.807, 2.05) is 0 Å². The van der Waals surface area contributed by atoms with Gasteiger partial charge in [0.05, 0.1) is 18.1 Å². The molecule has 0 saturated heterocycles. The van der Waals surface area contributed by atoms with Crippen molar-refractivity contribution in [1.29, 1.82) is 0 Å². The monoisotopic (exact) mass is 359 g/mol. The van der Waals surface area contributed by atoms with E-state index in [1.54, 1.807) is 0 Å². The Hall–Kier alpha value is -2.68. The lowest BCUT2D eigenvalue weighted by molar-refractivity contribution is -0.142. The molecule has 1 unspecified atom stereocenters.